The van der Waals surface area contributed by atoms with E-state index in [9.17, 15) is 0 Å². The Labute approximate surface area is 129 Å². The third kappa shape index (κ3) is 5.10. The molecule has 0 amide bonds. The first kappa shape index (κ1) is 15.9. The van der Waals surface area contributed by atoms with E-state index in [1.807, 2.05) is 0 Å². The van der Waals surface area contributed by atoms with Crippen molar-refractivity contribution in [3.8, 4) is 17.6 Å². The van der Waals surface area contributed by atoms with Crippen LogP contribution in [-0.2, 0) is 0 Å². The predicted molar refractivity (Wildman–Crippen MR) is 88.5 cm³/mol. The van der Waals surface area contributed by atoms with E-state index < -0.39 is 0 Å². The minimum absolute atomic E-state index is 0.495. The molecular weight excluding hydrogens is 258 g/mol. The Hall–Kier alpha value is -1.46. The zero-order valence-corrected chi connectivity index (χ0v) is 13.4. The molecule has 1 aromatic rings. The number of rotatable bonds is 6. The van der Waals surface area contributed by atoms with Gasteiger partial charge in [0.2, 0.25) is 0 Å². The van der Waals surface area contributed by atoms with E-state index in [-0.39, 0.29) is 0 Å². The maximum Gasteiger partial charge on any atom is 0.149 e. The SMILES string of the molecule is CCCCCC#CCOc1ccc(C2CCCN2C)cc1. The molecule has 1 fully saturated rings. The van der Waals surface area contributed by atoms with Gasteiger partial charge in [-0.3, -0.25) is 4.90 Å². The second kappa shape index (κ2) is 8.74. The molecular formula is C19H27NO. The molecule has 1 aliphatic heterocycles. The minimum atomic E-state index is 0.495. The lowest BCUT2D eigenvalue weighted by molar-refractivity contribution is 0.317. The van der Waals surface area contributed by atoms with Crippen LogP contribution < -0.4 is 4.74 Å². The maximum atomic E-state index is 5.67. The zero-order chi connectivity index (χ0) is 14.9. The number of unbranched alkanes of at least 4 members (excludes halogenated alkanes) is 3. The first-order chi connectivity index (χ1) is 10.3. The molecule has 1 unspecified atom stereocenters. The lowest BCUT2D eigenvalue weighted by atomic mass is 10.0. The van der Waals surface area contributed by atoms with E-state index in [2.05, 4.69) is 55.0 Å². The van der Waals surface area contributed by atoms with E-state index in [1.165, 1.54) is 44.2 Å². The molecule has 0 bridgehead atoms. The first-order valence-corrected chi connectivity index (χ1v) is 8.20. The van der Waals surface area contributed by atoms with Crippen molar-refractivity contribution < 1.29 is 4.74 Å². The third-order valence-corrected chi connectivity index (χ3v) is 4.13. The van der Waals surface area contributed by atoms with E-state index in [1.54, 1.807) is 0 Å². The average Bonchev–Trinajstić information content (AvgIpc) is 2.93. The van der Waals surface area contributed by atoms with Crippen molar-refractivity contribution in [1.82, 2.24) is 4.90 Å². The molecule has 0 N–H and O–H groups in total. The second-order valence-electron chi connectivity index (χ2n) is 5.81. The largest absolute Gasteiger partial charge is 0.481 e. The summed E-state index contributed by atoms with van der Waals surface area (Å²) in [5, 5.41) is 0. The highest BCUT2D eigenvalue weighted by Crippen LogP contribution is 2.31. The second-order valence-corrected chi connectivity index (χ2v) is 5.81. The molecule has 0 aliphatic carbocycles. The Balaban J connectivity index is 1.75. The molecule has 114 valence electrons. The molecule has 2 heteroatoms. The smallest absolute Gasteiger partial charge is 0.149 e. The fraction of sp³-hybridized carbons (Fsp3) is 0.579. The van der Waals surface area contributed by atoms with Gasteiger partial charge in [-0.2, -0.15) is 0 Å². The summed E-state index contributed by atoms with van der Waals surface area (Å²) >= 11 is 0. The highest BCUT2D eigenvalue weighted by Gasteiger charge is 2.22. The van der Waals surface area contributed by atoms with Crippen LogP contribution in [0.4, 0.5) is 0 Å². The van der Waals surface area contributed by atoms with Gasteiger partial charge in [-0.15, -0.1) is 0 Å². The van der Waals surface area contributed by atoms with Gasteiger partial charge >= 0.3 is 0 Å². The normalized spacial score (nSPS) is 18.3. The van der Waals surface area contributed by atoms with Crippen LogP contribution in [0.25, 0.3) is 0 Å². The molecule has 1 heterocycles. The molecule has 0 aromatic heterocycles. The number of benzene rings is 1. The van der Waals surface area contributed by atoms with Crippen molar-refractivity contribution in [3.63, 3.8) is 0 Å². The van der Waals surface area contributed by atoms with Crippen molar-refractivity contribution >= 4 is 0 Å². The summed E-state index contributed by atoms with van der Waals surface area (Å²) in [7, 11) is 2.20. The standard InChI is InChI=1S/C19H27NO/c1-3-4-5-6-7-8-16-21-18-13-11-17(12-14-18)19-10-9-15-20(19)2/h11-14,19H,3-6,9-10,15-16H2,1-2H3. The van der Waals surface area contributed by atoms with Crippen molar-refractivity contribution in [2.75, 3.05) is 20.2 Å². The molecule has 0 saturated carbocycles. The summed E-state index contributed by atoms with van der Waals surface area (Å²) in [5.74, 6) is 7.18. The lowest BCUT2D eigenvalue weighted by Crippen LogP contribution is -2.17. The molecule has 1 aromatic carbocycles. The van der Waals surface area contributed by atoms with Crippen LogP contribution >= 0.6 is 0 Å². The van der Waals surface area contributed by atoms with Crippen LogP contribution in [0.5, 0.6) is 5.75 Å². The minimum Gasteiger partial charge on any atom is -0.481 e. The number of hydrogen-bond acceptors (Lipinski definition) is 2. The van der Waals surface area contributed by atoms with Gasteiger partial charge in [0.25, 0.3) is 0 Å². The van der Waals surface area contributed by atoms with Gasteiger partial charge in [-0.25, -0.2) is 0 Å². The number of likely N-dealkylation sites (tertiary alicyclic amines) is 1. The molecule has 2 rings (SSSR count). The van der Waals surface area contributed by atoms with Crippen molar-refractivity contribution in [3.05, 3.63) is 29.8 Å². The van der Waals surface area contributed by atoms with Gasteiger partial charge in [0.15, 0.2) is 0 Å². The van der Waals surface area contributed by atoms with E-state index in [0.29, 0.717) is 12.6 Å². The molecule has 1 saturated heterocycles. The van der Waals surface area contributed by atoms with Crippen molar-refractivity contribution in [2.45, 2.75) is 51.5 Å². The molecule has 0 spiro atoms. The van der Waals surface area contributed by atoms with Crippen molar-refractivity contribution in [1.29, 1.82) is 0 Å². The third-order valence-electron chi connectivity index (χ3n) is 4.13. The summed E-state index contributed by atoms with van der Waals surface area (Å²) in [6.45, 7) is 3.91. The van der Waals surface area contributed by atoms with Crippen LogP contribution in [0.1, 0.15) is 57.1 Å². The Morgan fingerprint density at radius 3 is 2.67 bits per heavy atom. The van der Waals surface area contributed by atoms with Gasteiger partial charge in [0.1, 0.15) is 12.4 Å². The number of ether oxygens (including phenoxy) is 1. The van der Waals surface area contributed by atoms with E-state index in [4.69, 9.17) is 4.74 Å². The fourth-order valence-corrected chi connectivity index (χ4v) is 2.84. The monoisotopic (exact) mass is 285 g/mol. The van der Waals surface area contributed by atoms with Crippen molar-refractivity contribution in [2.24, 2.45) is 0 Å². The highest BCUT2D eigenvalue weighted by molar-refractivity contribution is 5.30. The van der Waals surface area contributed by atoms with Crippen LogP contribution in [-0.4, -0.2) is 25.1 Å². The van der Waals surface area contributed by atoms with Crippen LogP contribution in [0.3, 0.4) is 0 Å². The van der Waals surface area contributed by atoms with Crippen LogP contribution in [0, 0.1) is 11.8 Å². The van der Waals surface area contributed by atoms with E-state index >= 15 is 0 Å². The quantitative estimate of drug-likeness (QED) is 0.567. The Kier molecular flexibility index (Phi) is 6.63. The van der Waals surface area contributed by atoms with Gasteiger partial charge < -0.3 is 4.74 Å². The summed E-state index contributed by atoms with van der Waals surface area (Å²) in [6, 6.07) is 9.10. The van der Waals surface area contributed by atoms with Crippen LogP contribution in [0.2, 0.25) is 0 Å². The molecule has 2 nitrogen and oxygen atoms in total. The molecule has 0 radical (unpaired) electrons. The Morgan fingerprint density at radius 2 is 2.00 bits per heavy atom. The molecule has 21 heavy (non-hydrogen) atoms. The van der Waals surface area contributed by atoms with Crippen LogP contribution in [0.15, 0.2) is 24.3 Å². The summed E-state index contributed by atoms with van der Waals surface area (Å²) in [4.78, 5) is 2.43. The fourth-order valence-electron chi connectivity index (χ4n) is 2.84. The molecule has 1 aliphatic rings. The lowest BCUT2D eigenvalue weighted by Gasteiger charge is -2.19. The van der Waals surface area contributed by atoms with Gasteiger partial charge in [0, 0.05) is 12.5 Å². The van der Waals surface area contributed by atoms with Gasteiger partial charge in [-0.1, -0.05) is 43.7 Å². The topological polar surface area (TPSA) is 12.5 Å². The molecule has 1 atom stereocenters. The predicted octanol–water partition coefficient (Wildman–Crippen LogP) is 4.42. The Bertz CT molecular complexity index is 469. The summed E-state index contributed by atoms with van der Waals surface area (Å²) in [6.07, 6.45) is 7.28. The first-order valence-electron chi connectivity index (χ1n) is 8.20. The average molecular weight is 285 g/mol. The zero-order valence-electron chi connectivity index (χ0n) is 13.4. The summed E-state index contributed by atoms with van der Waals surface area (Å²) < 4.78 is 5.67. The summed E-state index contributed by atoms with van der Waals surface area (Å²) in [5.41, 5.74) is 1.40. The highest BCUT2D eigenvalue weighted by atomic mass is 16.5. The number of hydrogen-bond donors (Lipinski definition) is 0. The van der Waals surface area contributed by atoms with Gasteiger partial charge in [-0.05, 0) is 50.6 Å². The van der Waals surface area contributed by atoms with E-state index in [0.717, 1.165) is 12.2 Å². The number of nitrogens with zero attached hydrogens (tertiary/aromatic N) is 1. The van der Waals surface area contributed by atoms with Gasteiger partial charge in [0.05, 0.1) is 0 Å². The Morgan fingerprint density at radius 1 is 1.19 bits per heavy atom. The maximum absolute atomic E-state index is 5.67.